The lowest BCUT2D eigenvalue weighted by molar-refractivity contribution is -0.390. The fourth-order valence-corrected chi connectivity index (χ4v) is 2.28. The molecule has 0 saturated carbocycles. The minimum Gasteiger partial charge on any atom is -0.358 e. The molecule has 2 rings (SSSR count). The van der Waals surface area contributed by atoms with Gasteiger partial charge in [-0.2, -0.15) is 4.68 Å². The lowest BCUT2D eigenvalue weighted by Crippen LogP contribution is -2.02. The quantitative estimate of drug-likeness (QED) is 0.622. The smallest absolute Gasteiger partial charge is 0.358 e. The Bertz CT molecular complexity index is 615. The SMILES string of the molecule is O=[N+]([O-])c1nn(Cc2cccc(Cl)c2Cl)cc1Br. The van der Waals surface area contributed by atoms with E-state index in [-0.39, 0.29) is 5.82 Å². The van der Waals surface area contributed by atoms with Crippen LogP contribution in [-0.2, 0) is 6.54 Å². The number of hydrogen-bond acceptors (Lipinski definition) is 3. The number of nitro groups is 1. The van der Waals surface area contributed by atoms with E-state index in [1.54, 1.807) is 18.2 Å². The third-order valence-corrected chi connectivity index (χ3v) is 3.65. The first-order valence-electron chi connectivity index (χ1n) is 4.79. The van der Waals surface area contributed by atoms with Crippen LogP contribution in [0.4, 0.5) is 5.82 Å². The van der Waals surface area contributed by atoms with E-state index in [1.807, 2.05) is 0 Å². The molecular formula is C10H6BrCl2N3O2. The fourth-order valence-electron chi connectivity index (χ4n) is 1.44. The van der Waals surface area contributed by atoms with Crippen LogP contribution in [0.2, 0.25) is 10.0 Å². The molecule has 94 valence electrons. The number of aromatic nitrogens is 2. The Balaban J connectivity index is 2.32. The van der Waals surface area contributed by atoms with Crippen molar-refractivity contribution in [2.24, 2.45) is 0 Å². The molecule has 1 heterocycles. The Morgan fingerprint density at radius 3 is 2.78 bits per heavy atom. The largest absolute Gasteiger partial charge is 0.404 e. The Morgan fingerprint density at radius 2 is 2.17 bits per heavy atom. The van der Waals surface area contributed by atoms with Gasteiger partial charge in [-0.25, -0.2) is 0 Å². The topological polar surface area (TPSA) is 61.0 Å². The molecule has 0 N–H and O–H groups in total. The average molecular weight is 351 g/mol. The first-order valence-corrected chi connectivity index (χ1v) is 6.34. The predicted molar refractivity (Wildman–Crippen MR) is 72.1 cm³/mol. The van der Waals surface area contributed by atoms with Crippen LogP contribution in [0.1, 0.15) is 5.56 Å². The average Bonchev–Trinajstić information content (AvgIpc) is 2.66. The monoisotopic (exact) mass is 349 g/mol. The molecule has 0 aliphatic heterocycles. The summed E-state index contributed by atoms with van der Waals surface area (Å²) in [4.78, 5) is 10.1. The van der Waals surface area contributed by atoms with Gasteiger partial charge in [-0.3, -0.25) is 0 Å². The summed E-state index contributed by atoms with van der Waals surface area (Å²) in [5.41, 5.74) is 0.745. The molecule has 0 radical (unpaired) electrons. The summed E-state index contributed by atoms with van der Waals surface area (Å²) < 4.78 is 1.75. The van der Waals surface area contributed by atoms with Crippen LogP contribution in [0.15, 0.2) is 28.9 Å². The fraction of sp³-hybridized carbons (Fsp3) is 0.100. The molecule has 0 aliphatic carbocycles. The van der Waals surface area contributed by atoms with E-state index in [2.05, 4.69) is 21.0 Å². The van der Waals surface area contributed by atoms with Crippen molar-refractivity contribution in [1.82, 2.24) is 9.78 Å². The van der Waals surface area contributed by atoms with Crippen molar-refractivity contribution in [2.75, 3.05) is 0 Å². The summed E-state index contributed by atoms with van der Waals surface area (Å²) in [6.45, 7) is 0.311. The summed E-state index contributed by atoms with van der Waals surface area (Å²) in [5, 5.41) is 15.4. The van der Waals surface area contributed by atoms with Gasteiger partial charge in [-0.15, -0.1) is 0 Å². The van der Waals surface area contributed by atoms with E-state index in [1.165, 1.54) is 10.9 Å². The van der Waals surface area contributed by atoms with Crippen LogP contribution in [0.5, 0.6) is 0 Å². The summed E-state index contributed by atoms with van der Waals surface area (Å²) in [7, 11) is 0. The van der Waals surface area contributed by atoms with Crippen LogP contribution in [-0.4, -0.2) is 14.7 Å². The van der Waals surface area contributed by atoms with Crippen molar-refractivity contribution in [3.63, 3.8) is 0 Å². The molecule has 2 aromatic rings. The van der Waals surface area contributed by atoms with Crippen LogP contribution in [0.25, 0.3) is 0 Å². The second kappa shape index (κ2) is 5.26. The molecule has 0 spiro atoms. The Labute approximate surface area is 121 Å². The number of hydrogen-bond donors (Lipinski definition) is 0. The Kier molecular flexibility index (Phi) is 3.89. The molecule has 1 aromatic carbocycles. The van der Waals surface area contributed by atoms with Crippen molar-refractivity contribution >= 4 is 44.9 Å². The Morgan fingerprint density at radius 1 is 1.44 bits per heavy atom. The molecule has 0 aliphatic rings. The summed E-state index contributed by atoms with van der Waals surface area (Å²) in [6, 6.07) is 5.22. The minimum absolute atomic E-state index is 0.229. The zero-order chi connectivity index (χ0) is 13.3. The molecule has 0 saturated heterocycles. The summed E-state index contributed by atoms with van der Waals surface area (Å²) >= 11 is 15.0. The number of benzene rings is 1. The zero-order valence-electron chi connectivity index (χ0n) is 8.81. The molecule has 0 fully saturated rings. The lowest BCUT2D eigenvalue weighted by atomic mass is 10.2. The minimum atomic E-state index is -0.555. The van der Waals surface area contributed by atoms with E-state index < -0.39 is 4.92 Å². The van der Waals surface area contributed by atoms with E-state index in [4.69, 9.17) is 23.2 Å². The predicted octanol–water partition coefficient (Wildman–Crippen LogP) is 3.91. The number of rotatable bonds is 3. The molecule has 5 nitrogen and oxygen atoms in total. The third kappa shape index (κ3) is 2.66. The van der Waals surface area contributed by atoms with Crippen molar-refractivity contribution in [2.45, 2.75) is 6.54 Å². The van der Waals surface area contributed by atoms with Gasteiger partial charge >= 0.3 is 5.82 Å². The maximum Gasteiger partial charge on any atom is 0.404 e. The first-order chi connectivity index (χ1) is 8.49. The highest BCUT2D eigenvalue weighted by molar-refractivity contribution is 9.10. The second-order valence-corrected chi connectivity index (χ2v) is 5.11. The van der Waals surface area contributed by atoms with Gasteiger partial charge < -0.3 is 10.1 Å². The van der Waals surface area contributed by atoms with Crippen LogP contribution >= 0.6 is 39.1 Å². The summed E-state index contributed by atoms with van der Waals surface area (Å²) in [5.74, 6) is -0.229. The van der Waals surface area contributed by atoms with Gasteiger partial charge in [0.1, 0.15) is 4.47 Å². The molecule has 0 atom stereocenters. The molecule has 0 amide bonds. The molecule has 0 unspecified atom stereocenters. The molecular weight excluding hydrogens is 345 g/mol. The van der Waals surface area contributed by atoms with E-state index in [0.717, 1.165) is 5.56 Å². The van der Waals surface area contributed by atoms with Gasteiger partial charge in [0.15, 0.2) is 0 Å². The van der Waals surface area contributed by atoms with Crippen molar-refractivity contribution in [3.8, 4) is 0 Å². The van der Waals surface area contributed by atoms with Crippen molar-refractivity contribution < 1.29 is 4.92 Å². The molecule has 0 bridgehead atoms. The van der Waals surface area contributed by atoms with E-state index >= 15 is 0 Å². The van der Waals surface area contributed by atoms with Gasteiger partial charge in [0, 0.05) is 0 Å². The lowest BCUT2D eigenvalue weighted by Gasteiger charge is -2.03. The number of nitrogens with zero attached hydrogens (tertiary/aromatic N) is 3. The summed E-state index contributed by atoms with van der Waals surface area (Å²) in [6.07, 6.45) is 1.52. The van der Waals surface area contributed by atoms with Gasteiger partial charge in [-0.05, 0) is 32.5 Å². The first kappa shape index (κ1) is 13.3. The standard InChI is InChI=1S/C10H6BrCl2N3O2/c11-7-5-15(14-10(7)16(17)18)4-6-2-1-3-8(12)9(6)13/h1-3,5H,4H2. The molecule has 1 aromatic heterocycles. The highest BCUT2D eigenvalue weighted by Crippen LogP contribution is 2.27. The normalized spacial score (nSPS) is 10.6. The van der Waals surface area contributed by atoms with Gasteiger partial charge in [0.05, 0.1) is 27.9 Å². The molecule has 8 heteroatoms. The zero-order valence-corrected chi connectivity index (χ0v) is 11.9. The maximum absolute atomic E-state index is 10.7. The van der Waals surface area contributed by atoms with Gasteiger partial charge in [0.2, 0.25) is 0 Å². The van der Waals surface area contributed by atoms with Gasteiger partial charge in [0.25, 0.3) is 0 Å². The van der Waals surface area contributed by atoms with Gasteiger partial charge in [-0.1, -0.05) is 35.3 Å². The van der Waals surface area contributed by atoms with Crippen molar-refractivity contribution in [3.05, 3.63) is 54.6 Å². The number of halogens is 3. The Hall–Kier alpha value is -1.11. The molecule has 18 heavy (non-hydrogen) atoms. The second-order valence-electron chi connectivity index (χ2n) is 3.47. The maximum atomic E-state index is 10.7. The van der Waals surface area contributed by atoms with Crippen LogP contribution < -0.4 is 0 Å². The van der Waals surface area contributed by atoms with E-state index in [9.17, 15) is 10.1 Å². The van der Waals surface area contributed by atoms with Crippen LogP contribution in [0, 0.1) is 10.1 Å². The third-order valence-electron chi connectivity index (χ3n) is 2.24. The van der Waals surface area contributed by atoms with Crippen molar-refractivity contribution in [1.29, 1.82) is 0 Å². The van der Waals surface area contributed by atoms with Crippen LogP contribution in [0.3, 0.4) is 0 Å². The highest BCUT2D eigenvalue weighted by Gasteiger charge is 2.19. The highest BCUT2D eigenvalue weighted by atomic mass is 79.9. The van der Waals surface area contributed by atoms with E-state index in [0.29, 0.717) is 21.1 Å².